The summed E-state index contributed by atoms with van der Waals surface area (Å²) in [5.41, 5.74) is 0.358. The molecule has 0 radical (unpaired) electrons. The summed E-state index contributed by atoms with van der Waals surface area (Å²) in [5, 5.41) is 2.88. The first-order valence-electron chi connectivity index (χ1n) is 8.46. The lowest BCUT2D eigenvalue weighted by Gasteiger charge is -2.37. The summed E-state index contributed by atoms with van der Waals surface area (Å²) in [5.74, 6) is -0.621. The fourth-order valence-corrected chi connectivity index (χ4v) is 3.79. The number of hydrogen-bond donors (Lipinski definition) is 1. The van der Waals surface area contributed by atoms with Crippen molar-refractivity contribution in [2.45, 2.75) is 26.2 Å². The quantitative estimate of drug-likeness (QED) is 0.924. The number of hydrogen-bond acceptors (Lipinski definition) is 3. The van der Waals surface area contributed by atoms with E-state index in [1.165, 1.54) is 12.1 Å². The van der Waals surface area contributed by atoms with E-state index >= 15 is 0 Å². The number of amides is 2. The van der Waals surface area contributed by atoms with Crippen LogP contribution in [0.25, 0.3) is 0 Å². The van der Waals surface area contributed by atoms with Crippen molar-refractivity contribution < 1.29 is 18.7 Å². The van der Waals surface area contributed by atoms with E-state index in [-0.39, 0.29) is 29.0 Å². The SMILES string of the molecule is CCC(=O)N1CC(C(=O)Nc2ccc(F)cc2)C2(CCOCC2)C1. The molecule has 1 atom stereocenters. The van der Waals surface area contributed by atoms with Crippen LogP contribution in [-0.4, -0.2) is 43.0 Å². The van der Waals surface area contributed by atoms with Gasteiger partial charge in [0, 0.05) is 43.8 Å². The van der Waals surface area contributed by atoms with Gasteiger partial charge in [-0.25, -0.2) is 4.39 Å². The molecule has 1 aromatic rings. The molecule has 2 aliphatic heterocycles. The number of likely N-dealkylation sites (tertiary alicyclic amines) is 1. The van der Waals surface area contributed by atoms with Crippen molar-refractivity contribution in [1.29, 1.82) is 0 Å². The lowest BCUT2D eigenvalue weighted by Crippen LogP contribution is -2.42. The summed E-state index contributed by atoms with van der Waals surface area (Å²) in [6.07, 6.45) is 2.00. The average Bonchev–Trinajstić information content (AvgIpc) is 2.96. The molecule has 24 heavy (non-hydrogen) atoms. The van der Waals surface area contributed by atoms with Crippen molar-refractivity contribution >= 4 is 17.5 Å². The number of benzene rings is 1. The van der Waals surface area contributed by atoms with Crippen LogP contribution in [0.15, 0.2) is 24.3 Å². The topological polar surface area (TPSA) is 58.6 Å². The number of anilines is 1. The number of nitrogens with zero attached hydrogens (tertiary/aromatic N) is 1. The van der Waals surface area contributed by atoms with Gasteiger partial charge in [-0.15, -0.1) is 0 Å². The van der Waals surface area contributed by atoms with Crippen LogP contribution in [-0.2, 0) is 14.3 Å². The zero-order valence-corrected chi connectivity index (χ0v) is 13.9. The van der Waals surface area contributed by atoms with Gasteiger partial charge in [-0.05, 0) is 37.1 Å². The smallest absolute Gasteiger partial charge is 0.229 e. The number of carbonyl (C=O) groups is 2. The highest BCUT2D eigenvalue weighted by Crippen LogP contribution is 2.44. The van der Waals surface area contributed by atoms with Crippen LogP contribution in [0.5, 0.6) is 0 Å². The molecule has 0 aromatic heterocycles. The second-order valence-electron chi connectivity index (χ2n) is 6.65. The third-order valence-electron chi connectivity index (χ3n) is 5.22. The third-order valence-corrected chi connectivity index (χ3v) is 5.22. The van der Waals surface area contributed by atoms with Gasteiger partial charge in [0.15, 0.2) is 0 Å². The third kappa shape index (κ3) is 3.29. The number of nitrogens with one attached hydrogen (secondary N) is 1. The second-order valence-corrected chi connectivity index (χ2v) is 6.65. The standard InChI is InChI=1S/C18H23FN2O3/c1-2-16(22)21-11-15(18(12-21)7-9-24-10-8-18)17(23)20-14-5-3-13(19)4-6-14/h3-6,15H,2,7-12H2,1H3,(H,20,23). The van der Waals surface area contributed by atoms with Gasteiger partial charge < -0.3 is 15.0 Å². The van der Waals surface area contributed by atoms with Gasteiger partial charge in [0.05, 0.1) is 5.92 Å². The fraction of sp³-hybridized carbons (Fsp3) is 0.556. The van der Waals surface area contributed by atoms with Gasteiger partial charge >= 0.3 is 0 Å². The van der Waals surface area contributed by atoms with Crippen molar-refractivity contribution in [2.75, 3.05) is 31.6 Å². The molecule has 2 saturated heterocycles. The maximum atomic E-state index is 13.0. The van der Waals surface area contributed by atoms with Gasteiger partial charge in [-0.1, -0.05) is 6.92 Å². The number of ether oxygens (including phenoxy) is 1. The van der Waals surface area contributed by atoms with Crippen LogP contribution < -0.4 is 5.32 Å². The molecule has 2 fully saturated rings. The van der Waals surface area contributed by atoms with E-state index in [9.17, 15) is 14.0 Å². The maximum absolute atomic E-state index is 13.0. The molecule has 0 bridgehead atoms. The fourth-order valence-electron chi connectivity index (χ4n) is 3.79. The first-order chi connectivity index (χ1) is 11.5. The Balaban J connectivity index is 1.78. The van der Waals surface area contributed by atoms with E-state index < -0.39 is 0 Å². The van der Waals surface area contributed by atoms with E-state index in [4.69, 9.17) is 4.74 Å². The Morgan fingerprint density at radius 3 is 2.58 bits per heavy atom. The van der Waals surface area contributed by atoms with Crippen molar-refractivity contribution in [2.24, 2.45) is 11.3 Å². The monoisotopic (exact) mass is 334 g/mol. The molecule has 2 amide bonds. The first kappa shape index (κ1) is 16.9. The first-order valence-corrected chi connectivity index (χ1v) is 8.46. The Bertz CT molecular complexity index is 611. The Morgan fingerprint density at radius 2 is 1.96 bits per heavy atom. The van der Waals surface area contributed by atoms with Crippen molar-refractivity contribution in [1.82, 2.24) is 4.90 Å². The van der Waals surface area contributed by atoms with E-state index in [0.717, 1.165) is 12.8 Å². The lowest BCUT2D eigenvalue weighted by atomic mass is 9.71. The summed E-state index contributed by atoms with van der Waals surface area (Å²) < 4.78 is 18.5. The molecule has 3 rings (SSSR count). The van der Waals surface area contributed by atoms with E-state index in [1.807, 2.05) is 6.92 Å². The van der Waals surface area contributed by atoms with Gasteiger partial charge in [-0.3, -0.25) is 9.59 Å². The minimum absolute atomic E-state index is 0.0814. The Hall–Kier alpha value is -1.95. The summed E-state index contributed by atoms with van der Waals surface area (Å²) >= 11 is 0. The number of rotatable bonds is 3. The van der Waals surface area contributed by atoms with Gasteiger partial charge in [0.1, 0.15) is 5.82 Å². The zero-order chi connectivity index (χ0) is 17.2. The molecule has 2 aliphatic rings. The van der Waals surface area contributed by atoms with Gasteiger partial charge in [0.25, 0.3) is 0 Å². The molecule has 1 spiro atoms. The minimum atomic E-state index is -0.338. The molecular formula is C18H23FN2O3. The average molecular weight is 334 g/mol. The summed E-state index contributed by atoms with van der Waals surface area (Å²) in [4.78, 5) is 26.8. The van der Waals surface area contributed by atoms with Crippen LogP contribution in [0.2, 0.25) is 0 Å². The van der Waals surface area contributed by atoms with Gasteiger partial charge in [0.2, 0.25) is 11.8 Å². The molecule has 0 aliphatic carbocycles. The molecule has 0 saturated carbocycles. The zero-order valence-electron chi connectivity index (χ0n) is 13.9. The molecule has 6 heteroatoms. The molecule has 5 nitrogen and oxygen atoms in total. The highest BCUT2D eigenvalue weighted by atomic mass is 19.1. The largest absolute Gasteiger partial charge is 0.381 e. The van der Waals surface area contributed by atoms with Crippen LogP contribution in [0.3, 0.4) is 0 Å². The summed E-state index contributed by atoms with van der Waals surface area (Å²) in [6, 6.07) is 5.74. The van der Waals surface area contributed by atoms with E-state index in [2.05, 4.69) is 5.32 Å². The molecular weight excluding hydrogens is 311 g/mol. The van der Waals surface area contributed by atoms with Gasteiger partial charge in [-0.2, -0.15) is 0 Å². The number of halogens is 1. The van der Waals surface area contributed by atoms with E-state index in [0.29, 0.717) is 38.4 Å². The Labute approximate surface area is 141 Å². The predicted octanol–water partition coefficient (Wildman–Crippen LogP) is 2.43. The van der Waals surface area contributed by atoms with Crippen LogP contribution in [0, 0.1) is 17.2 Å². The Morgan fingerprint density at radius 1 is 1.29 bits per heavy atom. The maximum Gasteiger partial charge on any atom is 0.229 e. The number of carbonyl (C=O) groups excluding carboxylic acids is 2. The lowest BCUT2D eigenvalue weighted by molar-refractivity contribution is -0.130. The highest BCUT2D eigenvalue weighted by molar-refractivity contribution is 5.94. The second kappa shape index (κ2) is 6.89. The van der Waals surface area contributed by atoms with Crippen LogP contribution in [0.1, 0.15) is 26.2 Å². The summed E-state index contributed by atoms with van der Waals surface area (Å²) in [6.45, 7) is 4.14. The highest BCUT2D eigenvalue weighted by Gasteiger charge is 2.51. The minimum Gasteiger partial charge on any atom is -0.381 e. The van der Waals surface area contributed by atoms with Crippen LogP contribution >= 0.6 is 0 Å². The van der Waals surface area contributed by atoms with Crippen molar-refractivity contribution in [3.05, 3.63) is 30.1 Å². The molecule has 130 valence electrons. The van der Waals surface area contributed by atoms with Crippen molar-refractivity contribution in [3.8, 4) is 0 Å². The summed E-state index contributed by atoms with van der Waals surface area (Å²) in [7, 11) is 0. The molecule has 1 aromatic carbocycles. The van der Waals surface area contributed by atoms with E-state index in [1.54, 1.807) is 17.0 Å². The normalized spacial score (nSPS) is 22.6. The Kier molecular flexibility index (Phi) is 4.85. The predicted molar refractivity (Wildman–Crippen MR) is 87.9 cm³/mol. The van der Waals surface area contributed by atoms with Crippen molar-refractivity contribution in [3.63, 3.8) is 0 Å². The van der Waals surface area contributed by atoms with Crippen LogP contribution in [0.4, 0.5) is 10.1 Å². The molecule has 2 heterocycles. The molecule has 1 N–H and O–H groups in total. The molecule has 1 unspecified atom stereocenters.